The Labute approximate surface area is 97.5 Å². The van der Waals surface area contributed by atoms with Crippen LogP contribution in [0.3, 0.4) is 0 Å². The Balaban J connectivity index is 3.06. The van der Waals surface area contributed by atoms with E-state index in [0.717, 1.165) is 0 Å². The first-order chi connectivity index (χ1) is 7.95. The summed E-state index contributed by atoms with van der Waals surface area (Å²) in [6.07, 6.45) is -2.86. The fourth-order valence-electron chi connectivity index (χ4n) is 1.40. The molecule has 17 heavy (non-hydrogen) atoms. The van der Waals surface area contributed by atoms with E-state index in [1.54, 1.807) is 6.07 Å². The molecule has 0 aromatic heterocycles. The third-order valence-electron chi connectivity index (χ3n) is 2.23. The van der Waals surface area contributed by atoms with Gasteiger partial charge in [-0.3, -0.25) is 0 Å². The average molecular weight is 236 g/mol. The van der Waals surface area contributed by atoms with E-state index in [-0.39, 0.29) is 23.2 Å². The third kappa shape index (κ3) is 3.17. The van der Waals surface area contributed by atoms with E-state index < -0.39 is 18.2 Å². The summed E-state index contributed by atoms with van der Waals surface area (Å²) in [5, 5.41) is 36.3. The van der Waals surface area contributed by atoms with Crippen LogP contribution < -0.4 is 5.73 Å². The summed E-state index contributed by atoms with van der Waals surface area (Å²) in [6.45, 7) is 0. The largest absolute Gasteiger partial charge is 0.478 e. The number of hydrogen-bond acceptors (Lipinski definition) is 5. The maximum absolute atomic E-state index is 10.8. The number of aliphatic hydroxyl groups is 2. The van der Waals surface area contributed by atoms with Crippen LogP contribution in [0.1, 0.15) is 28.4 Å². The Bertz CT molecular complexity index is 467. The number of rotatable bonds is 4. The highest BCUT2D eigenvalue weighted by molar-refractivity contribution is 5.89. The van der Waals surface area contributed by atoms with Crippen molar-refractivity contribution in [2.45, 2.75) is 18.6 Å². The predicted octanol–water partition coefficient (Wildman–Crippen LogP) is 0.275. The van der Waals surface area contributed by atoms with E-state index in [2.05, 4.69) is 0 Å². The maximum atomic E-state index is 10.8. The van der Waals surface area contributed by atoms with Crippen LogP contribution in [0.4, 0.5) is 5.69 Å². The number of aromatic carboxylic acids is 1. The zero-order chi connectivity index (χ0) is 13.0. The topological polar surface area (TPSA) is 128 Å². The lowest BCUT2D eigenvalue weighted by atomic mass is 9.99. The van der Waals surface area contributed by atoms with Gasteiger partial charge in [-0.2, -0.15) is 5.26 Å². The molecular weight excluding hydrogens is 224 g/mol. The minimum atomic E-state index is -1.34. The van der Waals surface area contributed by atoms with E-state index in [1.807, 2.05) is 0 Å². The molecule has 0 saturated heterocycles. The second-order valence-electron chi connectivity index (χ2n) is 3.57. The molecule has 1 aromatic rings. The molecule has 0 heterocycles. The van der Waals surface area contributed by atoms with Gasteiger partial charge in [-0.1, -0.05) is 0 Å². The van der Waals surface area contributed by atoms with Crippen molar-refractivity contribution in [2.24, 2.45) is 0 Å². The van der Waals surface area contributed by atoms with Crippen LogP contribution >= 0.6 is 0 Å². The molecule has 0 radical (unpaired) electrons. The first kappa shape index (κ1) is 13.0. The molecule has 2 unspecified atom stereocenters. The fourth-order valence-corrected chi connectivity index (χ4v) is 1.40. The standard InChI is InChI=1S/C11H12N2O4/c12-2-1-9(14)10(15)6-3-7(11(16)17)5-8(13)4-6/h3-5,9-10,14-15H,1,13H2,(H,16,17). The Hall–Kier alpha value is -2.10. The molecule has 0 aliphatic heterocycles. The van der Waals surface area contributed by atoms with Gasteiger partial charge in [-0.15, -0.1) is 0 Å². The van der Waals surface area contributed by atoms with E-state index in [1.165, 1.54) is 18.2 Å². The van der Waals surface area contributed by atoms with E-state index >= 15 is 0 Å². The van der Waals surface area contributed by atoms with Gasteiger partial charge in [0, 0.05) is 5.69 Å². The number of aliphatic hydroxyl groups excluding tert-OH is 2. The number of nitrogens with zero attached hydrogens (tertiary/aromatic N) is 1. The molecule has 0 saturated carbocycles. The SMILES string of the molecule is N#CCC(O)C(O)c1cc(N)cc(C(=O)O)c1. The van der Waals surface area contributed by atoms with Crippen LogP contribution in [0.15, 0.2) is 18.2 Å². The van der Waals surface area contributed by atoms with Gasteiger partial charge in [0.2, 0.25) is 0 Å². The minimum absolute atomic E-state index is 0.0804. The third-order valence-corrected chi connectivity index (χ3v) is 2.23. The number of nitriles is 1. The smallest absolute Gasteiger partial charge is 0.335 e. The van der Waals surface area contributed by atoms with Crippen LogP contribution in [0.5, 0.6) is 0 Å². The lowest BCUT2D eigenvalue weighted by Crippen LogP contribution is -2.18. The summed E-state index contributed by atoms with van der Waals surface area (Å²) in [4.78, 5) is 10.8. The molecular formula is C11H12N2O4. The molecule has 0 bridgehead atoms. The zero-order valence-corrected chi connectivity index (χ0v) is 8.87. The second kappa shape index (κ2) is 5.30. The Morgan fingerprint density at radius 2 is 2.06 bits per heavy atom. The Kier molecular flexibility index (Phi) is 4.04. The van der Waals surface area contributed by atoms with Crippen molar-refractivity contribution in [3.63, 3.8) is 0 Å². The molecule has 6 heteroatoms. The molecule has 5 N–H and O–H groups in total. The van der Waals surface area contributed by atoms with Gasteiger partial charge < -0.3 is 21.1 Å². The van der Waals surface area contributed by atoms with Crippen molar-refractivity contribution in [1.82, 2.24) is 0 Å². The van der Waals surface area contributed by atoms with Crippen molar-refractivity contribution >= 4 is 11.7 Å². The van der Waals surface area contributed by atoms with Gasteiger partial charge in [0.1, 0.15) is 6.10 Å². The number of carboxylic acids is 1. The molecule has 0 fully saturated rings. The Morgan fingerprint density at radius 1 is 1.41 bits per heavy atom. The molecule has 90 valence electrons. The van der Waals surface area contributed by atoms with E-state index in [4.69, 9.17) is 16.1 Å². The fraction of sp³-hybridized carbons (Fsp3) is 0.273. The number of hydrogen-bond donors (Lipinski definition) is 4. The number of carbonyl (C=O) groups is 1. The van der Waals surface area contributed by atoms with Crippen LogP contribution in [0.25, 0.3) is 0 Å². The zero-order valence-electron chi connectivity index (χ0n) is 8.87. The first-order valence-electron chi connectivity index (χ1n) is 4.82. The Morgan fingerprint density at radius 3 is 2.59 bits per heavy atom. The van der Waals surface area contributed by atoms with Crippen molar-refractivity contribution in [3.8, 4) is 6.07 Å². The van der Waals surface area contributed by atoms with E-state index in [9.17, 15) is 15.0 Å². The van der Waals surface area contributed by atoms with Gasteiger partial charge >= 0.3 is 5.97 Å². The normalized spacial score (nSPS) is 13.7. The second-order valence-corrected chi connectivity index (χ2v) is 3.57. The number of anilines is 1. The highest BCUT2D eigenvalue weighted by atomic mass is 16.4. The molecule has 1 rings (SSSR count). The maximum Gasteiger partial charge on any atom is 0.335 e. The highest BCUT2D eigenvalue weighted by Gasteiger charge is 2.19. The molecule has 0 aliphatic rings. The lowest BCUT2D eigenvalue weighted by molar-refractivity contribution is 0.0216. The van der Waals surface area contributed by atoms with Gasteiger partial charge in [0.25, 0.3) is 0 Å². The number of nitrogens with two attached hydrogens (primary N) is 1. The van der Waals surface area contributed by atoms with Gasteiger partial charge in [-0.05, 0) is 23.8 Å². The summed E-state index contributed by atoms with van der Waals surface area (Å²) in [7, 11) is 0. The molecule has 6 nitrogen and oxygen atoms in total. The van der Waals surface area contributed by atoms with Gasteiger partial charge in [0.15, 0.2) is 0 Å². The number of benzene rings is 1. The number of nitrogen functional groups attached to an aromatic ring is 1. The van der Waals surface area contributed by atoms with Crippen molar-refractivity contribution in [1.29, 1.82) is 5.26 Å². The quantitative estimate of drug-likeness (QED) is 0.556. The average Bonchev–Trinajstić information content (AvgIpc) is 2.27. The molecule has 0 amide bonds. The molecule has 0 aliphatic carbocycles. The first-order valence-corrected chi connectivity index (χ1v) is 4.82. The lowest BCUT2D eigenvalue weighted by Gasteiger charge is -2.16. The van der Waals surface area contributed by atoms with E-state index in [0.29, 0.717) is 0 Å². The van der Waals surface area contributed by atoms with Crippen LogP contribution in [-0.2, 0) is 0 Å². The van der Waals surface area contributed by atoms with Crippen LogP contribution in [-0.4, -0.2) is 27.4 Å². The summed E-state index contributed by atoms with van der Waals surface area (Å²) < 4.78 is 0. The summed E-state index contributed by atoms with van der Waals surface area (Å²) in [6, 6.07) is 5.53. The van der Waals surface area contributed by atoms with Crippen molar-refractivity contribution < 1.29 is 20.1 Å². The molecule has 1 aromatic carbocycles. The minimum Gasteiger partial charge on any atom is -0.478 e. The van der Waals surface area contributed by atoms with Crippen LogP contribution in [0.2, 0.25) is 0 Å². The molecule has 2 atom stereocenters. The molecule has 0 spiro atoms. The van der Waals surface area contributed by atoms with Crippen molar-refractivity contribution in [2.75, 3.05) is 5.73 Å². The number of carboxylic acid groups (broad SMARTS) is 1. The summed E-state index contributed by atoms with van der Waals surface area (Å²) in [5.74, 6) is -1.18. The predicted molar refractivity (Wildman–Crippen MR) is 59.0 cm³/mol. The van der Waals surface area contributed by atoms with Crippen LogP contribution in [0, 0.1) is 11.3 Å². The summed E-state index contributed by atoms with van der Waals surface area (Å²) >= 11 is 0. The van der Waals surface area contributed by atoms with Gasteiger partial charge in [0.05, 0.1) is 24.2 Å². The summed E-state index contributed by atoms with van der Waals surface area (Å²) in [5.41, 5.74) is 5.75. The van der Waals surface area contributed by atoms with Crippen molar-refractivity contribution in [3.05, 3.63) is 29.3 Å². The monoisotopic (exact) mass is 236 g/mol. The van der Waals surface area contributed by atoms with Gasteiger partial charge in [-0.25, -0.2) is 4.79 Å². The highest BCUT2D eigenvalue weighted by Crippen LogP contribution is 2.22.